The molecule has 1 aliphatic rings. The van der Waals surface area contributed by atoms with Crippen LogP contribution in [0, 0.1) is 6.92 Å². The van der Waals surface area contributed by atoms with E-state index in [-0.39, 0.29) is 6.04 Å². The number of benzene rings is 1. The molecule has 1 aromatic heterocycles. The number of hydrogen-bond acceptors (Lipinski definition) is 4. The van der Waals surface area contributed by atoms with Gasteiger partial charge in [-0.05, 0) is 38.0 Å². The number of hydrogen-bond donors (Lipinski definition) is 0. The summed E-state index contributed by atoms with van der Waals surface area (Å²) in [6, 6.07) is 10.8. The van der Waals surface area contributed by atoms with Gasteiger partial charge in [0.05, 0.1) is 10.9 Å². The smallest absolute Gasteiger partial charge is 0.243 e. The number of aryl methyl sites for hydroxylation is 1. The number of aromatic nitrogens is 1. The zero-order valence-electron chi connectivity index (χ0n) is 14.3. The number of sulfonamides is 1. The van der Waals surface area contributed by atoms with Crippen LogP contribution in [0.4, 0.5) is 5.82 Å². The Kier molecular flexibility index (Phi) is 4.60. The van der Waals surface area contributed by atoms with Gasteiger partial charge in [-0.25, -0.2) is 13.4 Å². The Morgan fingerprint density at radius 1 is 1.17 bits per heavy atom. The molecule has 1 aliphatic heterocycles. The lowest BCUT2D eigenvalue weighted by molar-refractivity contribution is 0.396. The summed E-state index contributed by atoms with van der Waals surface area (Å²) < 4.78 is 27.8. The molecule has 3 rings (SSSR count). The highest BCUT2D eigenvalue weighted by Crippen LogP contribution is 2.39. The van der Waals surface area contributed by atoms with Gasteiger partial charge in [0.1, 0.15) is 5.82 Å². The maximum Gasteiger partial charge on any atom is 0.243 e. The first-order chi connectivity index (χ1) is 11.4. The largest absolute Gasteiger partial charge is 0.362 e. The van der Waals surface area contributed by atoms with Gasteiger partial charge in [-0.2, -0.15) is 4.31 Å². The summed E-state index contributed by atoms with van der Waals surface area (Å²) in [5, 5.41) is 0. The van der Waals surface area contributed by atoms with Crippen LogP contribution in [0.3, 0.4) is 0 Å². The van der Waals surface area contributed by atoms with Gasteiger partial charge in [0.2, 0.25) is 10.0 Å². The van der Waals surface area contributed by atoms with E-state index in [1.807, 2.05) is 50.2 Å². The third-order valence-corrected chi connectivity index (χ3v) is 6.35. The zero-order chi connectivity index (χ0) is 17.3. The molecule has 0 saturated carbocycles. The van der Waals surface area contributed by atoms with Gasteiger partial charge in [0, 0.05) is 32.4 Å². The van der Waals surface area contributed by atoms with Crippen LogP contribution in [0.25, 0.3) is 0 Å². The molecule has 128 valence electrons. The van der Waals surface area contributed by atoms with Crippen molar-refractivity contribution in [2.75, 3.05) is 25.5 Å². The summed E-state index contributed by atoms with van der Waals surface area (Å²) in [6.07, 6.45) is 3.42. The third kappa shape index (κ3) is 3.03. The molecule has 1 aromatic carbocycles. The van der Waals surface area contributed by atoms with Crippen LogP contribution < -0.4 is 4.90 Å². The van der Waals surface area contributed by atoms with Crippen molar-refractivity contribution in [1.82, 2.24) is 9.29 Å². The molecule has 0 radical (unpaired) electrons. The lowest BCUT2D eigenvalue weighted by Gasteiger charge is -2.27. The summed E-state index contributed by atoms with van der Waals surface area (Å²) in [5.74, 6) is 0.827. The Morgan fingerprint density at radius 3 is 2.54 bits per heavy atom. The van der Waals surface area contributed by atoms with Crippen molar-refractivity contribution in [2.24, 2.45) is 0 Å². The molecule has 1 saturated heterocycles. The van der Waals surface area contributed by atoms with Crippen LogP contribution in [0.1, 0.15) is 30.0 Å². The topological polar surface area (TPSA) is 53.5 Å². The van der Waals surface area contributed by atoms with E-state index >= 15 is 0 Å². The predicted molar refractivity (Wildman–Crippen MR) is 95.6 cm³/mol. The molecular formula is C18H23N3O2S. The second-order valence-electron chi connectivity index (χ2n) is 6.40. The Balaban J connectivity index is 2.01. The van der Waals surface area contributed by atoms with Crippen molar-refractivity contribution in [3.05, 3.63) is 53.7 Å². The van der Waals surface area contributed by atoms with Gasteiger partial charge < -0.3 is 4.90 Å². The minimum atomic E-state index is -3.51. The summed E-state index contributed by atoms with van der Waals surface area (Å²) >= 11 is 0. The number of rotatable bonds is 4. The molecule has 1 fully saturated rings. The third-order valence-electron chi connectivity index (χ3n) is 4.43. The molecule has 0 bridgehead atoms. The van der Waals surface area contributed by atoms with E-state index in [0.29, 0.717) is 11.4 Å². The van der Waals surface area contributed by atoms with E-state index in [2.05, 4.69) is 4.98 Å². The van der Waals surface area contributed by atoms with Crippen LogP contribution in [-0.2, 0) is 10.0 Å². The highest BCUT2D eigenvalue weighted by Gasteiger charge is 2.37. The van der Waals surface area contributed by atoms with Crippen molar-refractivity contribution in [2.45, 2.75) is 30.7 Å². The first-order valence-electron chi connectivity index (χ1n) is 8.12. The Morgan fingerprint density at radius 2 is 1.88 bits per heavy atom. The van der Waals surface area contributed by atoms with Gasteiger partial charge in [-0.3, -0.25) is 0 Å². The molecule has 2 heterocycles. The van der Waals surface area contributed by atoms with E-state index in [1.54, 1.807) is 22.6 Å². The molecule has 0 spiro atoms. The van der Waals surface area contributed by atoms with Crippen LogP contribution >= 0.6 is 0 Å². The zero-order valence-corrected chi connectivity index (χ0v) is 15.1. The summed E-state index contributed by atoms with van der Waals surface area (Å²) in [7, 11) is 0.352. The summed E-state index contributed by atoms with van der Waals surface area (Å²) in [6.45, 7) is 2.50. The van der Waals surface area contributed by atoms with Crippen molar-refractivity contribution >= 4 is 15.8 Å². The van der Waals surface area contributed by atoms with Crippen molar-refractivity contribution < 1.29 is 8.42 Å². The average molecular weight is 345 g/mol. The van der Waals surface area contributed by atoms with E-state index in [4.69, 9.17) is 0 Å². The normalized spacial score (nSPS) is 18.7. The highest BCUT2D eigenvalue weighted by molar-refractivity contribution is 7.89. The van der Waals surface area contributed by atoms with Crippen molar-refractivity contribution in [1.29, 1.82) is 0 Å². The van der Waals surface area contributed by atoms with Gasteiger partial charge in [0.15, 0.2) is 0 Å². The summed E-state index contributed by atoms with van der Waals surface area (Å²) in [5.41, 5.74) is 2.02. The fraction of sp³-hybridized carbons (Fsp3) is 0.389. The SMILES string of the molecule is Cc1ccc(S(=O)(=O)N2CCC[C@@H]2c2cccnc2N(C)C)cc1. The molecule has 6 heteroatoms. The van der Waals surface area contributed by atoms with E-state index in [0.717, 1.165) is 29.8 Å². The standard InChI is InChI=1S/C18H23N3O2S/c1-14-8-10-15(11-9-14)24(22,23)21-13-5-7-17(21)16-6-4-12-19-18(16)20(2)3/h4,6,8-12,17H,5,7,13H2,1-3H3/t17-/m1/s1. The van der Waals surface area contributed by atoms with Crippen molar-refractivity contribution in [3.63, 3.8) is 0 Å². The molecule has 0 aliphatic carbocycles. The Labute approximate surface area is 144 Å². The van der Waals surface area contributed by atoms with Crippen LogP contribution in [-0.4, -0.2) is 38.3 Å². The van der Waals surface area contributed by atoms with Crippen molar-refractivity contribution in [3.8, 4) is 0 Å². The van der Waals surface area contributed by atoms with Crippen LogP contribution in [0.2, 0.25) is 0 Å². The fourth-order valence-electron chi connectivity index (χ4n) is 3.23. The van der Waals surface area contributed by atoms with Crippen LogP contribution in [0.15, 0.2) is 47.5 Å². The molecule has 24 heavy (non-hydrogen) atoms. The van der Waals surface area contributed by atoms with Gasteiger partial charge in [0.25, 0.3) is 0 Å². The quantitative estimate of drug-likeness (QED) is 0.855. The maximum atomic E-state index is 13.1. The molecule has 0 N–H and O–H groups in total. The molecular weight excluding hydrogens is 322 g/mol. The van der Waals surface area contributed by atoms with E-state index in [1.165, 1.54) is 0 Å². The van der Waals surface area contributed by atoms with E-state index < -0.39 is 10.0 Å². The number of anilines is 1. The number of nitrogens with zero attached hydrogens (tertiary/aromatic N) is 3. The van der Waals surface area contributed by atoms with Crippen LogP contribution in [0.5, 0.6) is 0 Å². The maximum absolute atomic E-state index is 13.1. The number of pyridine rings is 1. The highest BCUT2D eigenvalue weighted by atomic mass is 32.2. The van der Waals surface area contributed by atoms with Gasteiger partial charge in [-0.1, -0.05) is 23.8 Å². The average Bonchev–Trinajstić information content (AvgIpc) is 3.05. The molecule has 0 amide bonds. The summed E-state index contributed by atoms with van der Waals surface area (Å²) in [4.78, 5) is 6.72. The minimum absolute atomic E-state index is 0.164. The predicted octanol–water partition coefficient (Wildman–Crippen LogP) is 2.98. The second-order valence-corrected chi connectivity index (χ2v) is 8.29. The monoisotopic (exact) mass is 345 g/mol. The molecule has 1 atom stereocenters. The Hall–Kier alpha value is -1.92. The molecule has 2 aromatic rings. The van der Waals surface area contributed by atoms with Gasteiger partial charge >= 0.3 is 0 Å². The lowest BCUT2D eigenvalue weighted by atomic mass is 10.1. The minimum Gasteiger partial charge on any atom is -0.362 e. The molecule has 5 nitrogen and oxygen atoms in total. The first-order valence-corrected chi connectivity index (χ1v) is 9.56. The van der Waals surface area contributed by atoms with E-state index in [9.17, 15) is 8.42 Å². The fourth-order valence-corrected chi connectivity index (χ4v) is 4.90. The lowest BCUT2D eigenvalue weighted by Crippen LogP contribution is -2.31. The van der Waals surface area contributed by atoms with Gasteiger partial charge in [-0.15, -0.1) is 0 Å². The first kappa shape index (κ1) is 16.9. The Bertz CT molecular complexity index is 816. The second kappa shape index (κ2) is 6.53. The molecule has 0 unspecified atom stereocenters.